The summed E-state index contributed by atoms with van der Waals surface area (Å²) >= 11 is 5.89. The summed E-state index contributed by atoms with van der Waals surface area (Å²) < 4.78 is 5.71. The Bertz CT molecular complexity index is 688. The molecule has 25 heavy (non-hydrogen) atoms. The molecule has 2 fully saturated rings. The lowest BCUT2D eigenvalue weighted by Gasteiger charge is -2.37. The smallest absolute Gasteiger partial charge is 0.237 e. The zero-order valence-corrected chi connectivity index (χ0v) is 14.9. The highest BCUT2D eigenvalue weighted by atomic mass is 35.5. The monoisotopic (exact) mass is 357 g/mol. The van der Waals surface area contributed by atoms with E-state index >= 15 is 0 Å². The molecule has 2 aliphatic rings. The molecule has 0 spiro atoms. The van der Waals surface area contributed by atoms with Crippen LogP contribution < -0.4 is 10.1 Å². The van der Waals surface area contributed by atoms with Gasteiger partial charge in [-0.05, 0) is 50.1 Å². The van der Waals surface area contributed by atoms with Crippen LogP contribution in [0.2, 0.25) is 5.02 Å². The molecular formula is C19H22ClN4O. The molecule has 1 unspecified atom stereocenters. The van der Waals surface area contributed by atoms with Crippen LogP contribution in [0.25, 0.3) is 0 Å². The molecule has 2 heterocycles. The van der Waals surface area contributed by atoms with Gasteiger partial charge in [0.2, 0.25) is 5.88 Å². The molecule has 1 aliphatic carbocycles. The number of hydrogen-bond acceptors (Lipinski definition) is 4. The van der Waals surface area contributed by atoms with E-state index in [2.05, 4.69) is 14.9 Å². The van der Waals surface area contributed by atoms with Crippen LogP contribution in [0.3, 0.4) is 0 Å². The van der Waals surface area contributed by atoms with E-state index in [4.69, 9.17) is 21.7 Å². The molecule has 1 aromatic carbocycles. The first-order chi connectivity index (χ1) is 12.3. The number of rotatable bonds is 4. The maximum absolute atomic E-state index is 5.89. The Balaban J connectivity index is 1.42. The average molecular weight is 358 g/mol. The maximum Gasteiger partial charge on any atom is 0.237 e. The van der Waals surface area contributed by atoms with Crippen LogP contribution in [0.5, 0.6) is 11.6 Å². The summed E-state index contributed by atoms with van der Waals surface area (Å²) in [6.45, 7) is 3.01. The summed E-state index contributed by atoms with van der Waals surface area (Å²) in [5.41, 5.74) is 0.926. The van der Waals surface area contributed by atoms with Gasteiger partial charge >= 0.3 is 0 Å². The molecule has 0 N–H and O–H groups in total. The zero-order chi connectivity index (χ0) is 17.1. The lowest BCUT2D eigenvalue weighted by molar-refractivity contribution is 0.124. The third-order valence-electron chi connectivity index (χ3n) is 4.98. The van der Waals surface area contributed by atoms with Crippen molar-refractivity contribution in [3.63, 3.8) is 0 Å². The number of nitrogens with zero attached hydrogens (tertiary/aromatic N) is 4. The fourth-order valence-electron chi connectivity index (χ4n) is 3.34. The van der Waals surface area contributed by atoms with Crippen LogP contribution in [0.4, 0.5) is 0 Å². The van der Waals surface area contributed by atoms with Gasteiger partial charge in [-0.15, -0.1) is 0 Å². The number of aromatic nitrogens is 2. The molecule has 1 aliphatic heterocycles. The van der Waals surface area contributed by atoms with Crippen LogP contribution in [-0.4, -0.2) is 40.5 Å². The van der Waals surface area contributed by atoms with Gasteiger partial charge < -0.3 is 4.74 Å². The van der Waals surface area contributed by atoms with E-state index in [1.165, 1.54) is 19.3 Å². The molecular weight excluding hydrogens is 336 g/mol. The van der Waals surface area contributed by atoms with Gasteiger partial charge in [0, 0.05) is 24.2 Å². The van der Waals surface area contributed by atoms with Crippen LogP contribution in [0, 0.1) is 0 Å². The van der Waals surface area contributed by atoms with Gasteiger partial charge in [-0.3, -0.25) is 9.88 Å². The first kappa shape index (κ1) is 16.8. The minimum Gasteiger partial charge on any atom is -0.438 e. The standard InChI is InChI=1S/C19H22ClN4O/c20-14-5-7-16(8-6-14)25-19-12-22-17(11-23-19)18-13-24(10-2-9-21-18)15-3-1-4-15/h5-8,11-12,15,18H,1-4,9-10,13H2. The van der Waals surface area contributed by atoms with Crippen LogP contribution in [-0.2, 0) is 0 Å². The fraction of sp³-hybridized carbons (Fsp3) is 0.474. The largest absolute Gasteiger partial charge is 0.438 e. The van der Waals surface area contributed by atoms with Crippen molar-refractivity contribution in [2.24, 2.45) is 0 Å². The molecule has 0 amide bonds. The van der Waals surface area contributed by atoms with Crippen LogP contribution in [0.15, 0.2) is 36.7 Å². The molecule has 1 aromatic heterocycles. The lowest BCUT2D eigenvalue weighted by atomic mass is 9.91. The second kappa shape index (κ2) is 7.68. The quantitative estimate of drug-likeness (QED) is 0.834. The van der Waals surface area contributed by atoms with Crippen molar-refractivity contribution in [2.45, 2.75) is 37.8 Å². The van der Waals surface area contributed by atoms with Gasteiger partial charge in [0.25, 0.3) is 0 Å². The molecule has 4 rings (SSSR count). The Morgan fingerprint density at radius 1 is 1.04 bits per heavy atom. The van der Waals surface area contributed by atoms with Crippen molar-refractivity contribution in [1.29, 1.82) is 0 Å². The SMILES string of the molecule is Clc1ccc(Oc2cnc(C3CN(C4CCC4)CCC[N]3)cn2)cc1. The fourth-order valence-corrected chi connectivity index (χ4v) is 3.46. The second-order valence-electron chi connectivity index (χ2n) is 6.69. The number of benzene rings is 1. The predicted molar refractivity (Wildman–Crippen MR) is 97.1 cm³/mol. The van der Waals surface area contributed by atoms with Gasteiger partial charge in [0.05, 0.1) is 24.1 Å². The minimum atomic E-state index is 0.111. The Labute approximate surface area is 153 Å². The van der Waals surface area contributed by atoms with Gasteiger partial charge in [0.15, 0.2) is 0 Å². The van der Waals surface area contributed by atoms with Crippen molar-refractivity contribution in [1.82, 2.24) is 20.2 Å². The van der Waals surface area contributed by atoms with E-state index in [1.54, 1.807) is 24.5 Å². The summed E-state index contributed by atoms with van der Waals surface area (Å²) in [5, 5.41) is 5.49. The molecule has 131 valence electrons. The van der Waals surface area contributed by atoms with Crippen molar-refractivity contribution in [2.75, 3.05) is 19.6 Å². The molecule has 0 bridgehead atoms. The van der Waals surface area contributed by atoms with Crippen molar-refractivity contribution in [3.8, 4) is 11.6 Å². The van der Waals surface area contributed by atoms with Crippen molar-refractivity contribution >= 4 is 11.6 Å². The van der Waals surface area contributed by atoms with E-state index in [-0.39, 0.29) is 6.04 Å². The number of ether oxygens (including phenoxy) is 1. The summed E-state index contributed by atoms with van der Waals surface area (Å²) in [5.74, 6) is 1.18. The normalized spacial score (nSPS) is 22.2. The number of hydrogen-bond donors (Lipinski definition) is 0. The van der Waals surface area contributed by atoms with Gasteiger partial charge in [0.1, 0.15) is 5.75 Å². The summed E-state index contributed by atoms with van der Waals surface area (Å²) in [7, 11) is 0. The van der Waals surface area contributed by atoms with Crippen LogP contribution >= 0.6 is 11.6 Å². The average Bonchev–Trinajstić information content (AvgIpc) is 2.82. The Morgan fingerprint density at radius 3 is 2.56 bits per heavy atom. The van der Waals surface area contributed by atoms with Gasteiger partial charge in [-0.1, -0.05) is 18.0 Å². The van der Waals surface area contributed by atoms with E-state index in [1.807, 2.05) is 12.1 Å². The van der Waals surface area contributed by atoms with Crippen molar-refractivity contribution in [3.05, 3.63) is 47.4 Å². The third-order valence-corrected chi connectivity index (χ3v) is 5.23. The summed E-state index contributed by atoms with van der Waals surface area (Å²) in [6.07, 6.45) is 8.62. The molecule has 1 saturated carbocycles. The van der Waals surface area contributed by atoms with E-state index in [0.29, 0.717) is 16.7 Å². The summed E-state index contributed by atoms with van der Waals surface area (Å²) in [4.78, 5) is 11.6. The van der Waals surface area contributed by atoms with E-state index in [9.17, 15) is 0 Å². The molecule has 1 radical (unpaired) electrons. The lowest BCUT2D eigenvalue weighted by Crippen LogP contribution is -2.42. The Hall–Kier alpha value is -1.69. The highest BCUT2D eigenvalue weighted by molar-refractivity contribution is 6.30. The predicted octanol–water partition coefficient (Wildman–Crippen LogP) is 3.83. The van der Waals surface area contributed by atoms with Gasteiger partial charge in [-0.2, -0.15) is 0 Å². The highest BCUT2D eigenvalue weighted by Gasteiger charge is 2.29. The molecule has 6 heteroatoms. The molecule has 1 saturated heterocycles. The van der Waals surface area contributed by atoms with E-state index in [0.717, 1.165) is 37.8 Å². The molecule has 5 nitrogen and oxygen atoms in total. The first-order valence-corrected chi connectivity index (χ1v) is 9.32. The maximum atomic E-state index is 5.89. The van der Waals surface area contributed by atoms with E-state index < -0.39 is 0 Å². The van der Waals surface area contributed by atoms with Gasteiger partial charge in [-0.25, -0.2) is 10.3 Å². The minimum absolute atomic E-state index is 0.111. The first-order valence-electron chi connectivity index (χ1n) is 8.94. The topological polar surface area (TPSA) is 52.4 Å². The zero-order valence-electron chi connectivity index (χ0n) is 14.1. The third kappa shape index (κ3) is 4.11. The molecule has 1 atom stereocenters. The Kier molecular flexibility index (Phi) is 5.15. The van der Waals surface area contributed by atoms with Crippen molar-refractivity contribution < 1.29 is 4.74 Å². The Morgan fingerprint density at radius 2 is 1.88 bits per heavy atom. The molecule has 2 aromatic rings. The number of halogens is 1. The summed E-state index contributed by atoms with van der Waals surface area (Å²) in [6, 6.07) is 8.07. The second-order valence-corrected chi connectivity index (χ2v) is 7.13. The van der Waals surface area contributed by atoms with Crippen LogP contribution in [0.1, 0.15) is 37.4 Å². The highest BCUT2D eigenvalue weighted by Crippen LogP contribution is 2.28.